The molecule has 0 saturated carbocycles. The molecule has 0 bridgehead atoms. The van der Waals surface area contributed by atoms with Crippen molar-refractivity contribution in [3.8, 4) is 0 Å². The Hall–Kier alpha value is -1.95. The molecule has 18 heavy (non-hydrogen) atoms. The van der Waals surface area contributed by atoms with Crippen LogP contribution < -0.4 is 17.2 Å². The number of rotatable bonds is 2. The fourth-order valence-electron chi connectivity index (χ4n) is 1.94. The van der Waals surface area contributed by atoms with Gasteiger partial charge in [-0.15, -0.1) is 0 Å². The molecule has 1 heterocycles. The Balaban J connectivity index is 2.09. The van der Waals surface area contributed by atoms with Gasteiger partial charge in [0.25, 0.3) is 0 Å². The summed E-state index contributed by atoms with van der Waals surface area (Å²) in [6.07, 6.45) is 0.246. The van der Waals surface area contributed by atoms with Crippen LogP contribution in [0.4, 0.5) is 17.1 Å². The van der Waals surface area contributed by atoms with E-state index in [9.17, 15) is 4.79 Å². The lowest BCUT2D eigenvalue weighted by Crippen LogP contribution is -2.41. The molecule has 6 nitrogen and oxygen atoms in total. The number of amides is 1. The van der Waals surface area contributed by atoms with Crippen LogP contribution in [0, 0.1) is 0 Å². The van der Waals surface area contributed by atoms with E-state index < -0.39 is 0 Å². The molecule has 1 aliphatic rings. The van der Waals surface area contributed by atoms with E-state index in [0.717, 1.165) is 5.56 Å². The Morgan fingerprint density at radius 3 is 2.50 bits per heavy atom. The van der Waals surface area contributed by atoms with Crippen molar-refractivity contribution in [3.63, 3.8) is 0 Å². The highest BCUT2D eigenvalue weighted by molar-refractivity contribution is 5.85. The lowest BCUT2D eigenvalue weighted by molar-refractivity contribution is -0.134. The molecule has 0 aromatic heterocycles. The third-order valence-corrected chi connectivity index (χ3v) is 3.12. The Morgan fingerprint density at radius 2 is 1.83 bits per heavy atom. The molecule has 0 aliphatic carbocycles. The Labute approximate surface area is 106 Å². The largest absolute Gasteiger partial charge is 0.397 e. The SMILES string of the molecule is Nc1ccc(CC(=O)N2CCOCC2)c(N)c1N. The summed E-state index contributed by atoms with van der Waals surface area (Å²) in [7, 11) is 0. The van der Waals surface area contributed by atoms with Crippen LogP contribution in [-0.2, 0) is 16.0 Å². The van der Waals surface area contributed by atoms with Crippen molar-refractivity contribution < 1.29 is 9.53 Å². The predicted molar refractivity (Wildman–Crippen MR) is 70.8 cm³/mol. The van der Waals surface area contributed by atoms with Gasteiger partial charge in [0.15, 0.2) is 0 Å². The zero-order valence-corrected chi connectivity index (χ0v) is 10.2. The monoisotopic (exact) mass is 250 g/mol. The summed E-state index contributed by atoms with van der Waals surface area (Å²) in [4.78, 5) is 13.8. The van der Waals surface area contributed by atoms with Crippen LogP contribution in [0.15, 0.2) is 12.1 Å². The van der Waals surface area contributed by atoms with E-state index in [4.69, 9.17) is 21.9 Å². The first-order valence-electron chi connectivity index (χ1n) is 5.87. The fraction of sp³-hybridized carbons (Fsp3) is 0.417. The zero-order chi connectivity index (χ0) is 13.1. The molecule has 1 saturated heterocycles. The van der Waals surface area contributed by atoms with Crippen LogP contribution in [0.2, 0.25) is 0 Å². The van der Waals surface area contributed by atoms with E-state index in [0.29, 0.717) is 43.4 Å². The second-order valence-corrected chi connectivity index (χ2v) is 4.31. The van der Waals surface area contributed by atoms with Gasteiger partial charge in [-0.3, -0.25) is 4.79 Å². The lowest BCUT2D eigenvalue weighted by atomic mass is 10.1. The van der Waals surface area contributed by atoms with Gasteiger partial charge in [-0.05, 0) is 11.6 Å². The average Bonchev–Trinajstić information content (AvgIpc) is 2.40. The average molecular weight is 250 g/mol. The first kappa shape index (κ1) is 12.5. The molecule has 0 atom stereocenters. The normalized spacial score (nSPS) is 15.7. The van der Waals surface area contributed by atoms with E-state index in [1.54, 1.807) is 17.0 Å². The number of nitrogens with two attached hydrogens (primary N) is 3. The quantitative estimate of drug-likeness (QED) is 0.632. The zero-order valence-electron chi connectivity index (χ0n) is 10.2. The standard InChI is InChI=1S/C12H18N4O2/c13-9-2-1-8(11(14)12(9)15)7-10(17)16-3-5-18-6-4-16/h1-2H,3-7,13-15H2. The third-order valence-electron chi connectivity index (χ3n) is 3.12. The number of nitrogens with zero attached hydrogens (tertiary/aromatic N) is 1. The van der Waals surface area contributed by atoms with Crippen LogP contribution in [0.5, 0.6) is 0 Å². The van der Waals surface area contributed by atoms with Crippen molar-refractivity contribution >= 4 is 23.0 Å². The number of nitrogen functional groups attached to an aromatic ring is 3. The molecule has 1 aliphatic heterocycles. The van der Waals surface area contributed by atoms with E-state index in [1.165, 1.54) is 0 Å². The summed E-state index contributed by atoms with van der Waals surface area (Å²) >= 11 is 0. The summed E-state index contributed by atoms with van der Waals surface area (Å²) in [5, 5.41) is 0. The van der Waals surface area contributed by atoms with Gasteiger partial charge in [-0.1, -0.05) is 6.07 Å². The van der Waals surface area contributed by atoms with Gasteiger partial charge in [0, 0.05) is 13.1 Å². The molecule has 1 fully saturated rings. The number of benzene rings is 1. The van der Waals surface area contributed by atoms with Gasteiger partial charge in [-0.25, -0.2) is 0 Å². The number of anilines is 3. The molecule has 6 N–H and O–H groups in total. The Morgan fingerprint density at radius 1 is 1.17 bits per heavy atom. The summed E-state index contributed by atoms with van der Waals surface area (Å²) in [5.74, 6) is 0.0363. The van der Waals surface area contributed by atoms with Crippen molar-refractivity contribution in [2.45, 2.75) is 6.42 Å². The topological polar surface area (TPSA) is 108 Å². The van der Waals surface area contributed by atoms with Crippen molar-refractivity contribution in [2.75, 3.05) is 43.5 Å². The highest BCUT2D eigenvalue weighted by Gasteiger charge is 2.18. The molecule has 1 aromatic carbocycles. The number of morpholine rings is 1. The van der Waals surface area contributed by atoms with Gasteiger partial charge in [0.05, 0.1) is 36.7 Å². The Bertz CT molecular complexity index is 456. The fourth-order valence-corrected chi connectivity index (χ4v) is 1.94. The van der Waals surface area contributed by atoms with E-state index in [1.807, 2.05) is 0 Å². The van der Waals surface area contributed by atoms with Gasteiger partial charge in [-0.2, -0.15) is 0 Å². The molecule has 0 spiro atoms. The van der Waals surface area contributed by atoms with Crippen LogP contribution >= 0.6 is 0 Å². The molecule has 1 aromatic rings. The third kappa shape index (κ3) is 2.48. The maximum atomic E-state index is 12.1. The minimum atomic E-state index is 0.0363. The maximum Gasteiger partial charge on any atom is 0.227 e. The summed E-state index contributed by atoms with van der Waals surface area (Å²) in [5.41, 5.74) is 19.2. The van der Waals surface area contributed by atoms with Crippen molar-refractivity contribution in [1.29, 1.82) is 0 Å². The van der Waals surface area contributed by atoms with E-state index in [-0.39, 0.29) is 12.3 Å². The van der Waals surface area contributed by atoms with Crippen LogP contribution in [0.1, 0.15) is 5.56 Å². The molecule has 2 rings (SSSR count). The summed E-state index contributed by atoms with van der Waals surface area (Å²) in [6, 6.07) is 3.42. The molecule has 1 amide bonds. The van der Waals surface area contributed by atoms with Crippen molar-refractivity contribution in [1.82, 2.24) is 4.90 Å². The van der Waals surface area contributed by atoms with E-state index >= 15 is 0 Å². The molecule has 6 heteroatoms. The second kappa shape index (κ2) is 5.14. The molecule has 0 unspecified atom stereocenters. The van der Waals surface area contributed by atoms with Gasteiger partial charge >= 0.3 is 0 Å². The van der Waals surface area contributed by atoms with Crippen LogP contribution in [0.3, 0.4) is 0 Å². The number of ether oxygens (including phenoxy) is 1. The van der Waals surface area contributed by atoms with Gasteiger partial charge in [0.2, 0.25) is 5.91 Å². The second-order valence-electron chi connectivity index (χ2n) is 4.31. The maximum absolute atomic E-state index is 12.1. The first-order valence-corrected chi connectivity index (χ1v) is 5.87. The first-order chi connectivity index (χ1) is 8.59. The van der Waals surface area contributed by atoms with Gasteiger partial charge in [0.1, 0.15) is 0 Å². The van der Waals surface area contributed by atoms with Crippen molar-refractivity contribution in [3.05, 3.63) is 17.7 Å². The minimum Gasteiger partial charge on any atom is -0.397 e. The number of carbonyl (C=O) groups excluding carboxylic acids is 1. The highest BCUT2D eigenvalue weighted by atomic mass is 16.5. The molecular weight excluding hydrogens is 232 g/mol. The molecular formula is C12H18N4O2. The predicted octanol–water partition coefficient (Wildman–Crippen LogP) is -0.165. The number of carbonyl (C=O) groups is 1. The smallest absolute Gasteiger partial charge is 0.227 e. The number of hydrogen-bond donors (Lipinski definition) is 3. The van der Waals surface area contributed by atoms with Crippen LogP contribution in [0.25, 0.3) is 0 Å². The summed E-state index contributed by atoms with van der Waals surface area (Å²) in [6.45, 7) is 2.43. The Kier molecular flexibility index (Phi) is 3.57. The van der Waals surface area contributed by atoms with Gasteiger partial charge < -0.3 is 26.8 Å². The van der Waals surface area contributed by atoms with E-state index in [2.05, 4.69) is 0 Å². The number of hydrogen-bond acceptors (Lipinski definition) is 5. The minimum absolute atomic E-state index is 0.0363. The summed E-state index contributed by atoms with van der Waals surface area (Å²) < 4.78 is 5.20. The highest BCUT2D eigenvalue weighted by Crippen LogP contribution is 2.26. The molecule has 98 valence electrons. The van der Waals surface area contributed by atoms with Crippen LogP contribution in [-0.4, -0.2) is 37.1 Å². The lowest BCUT2D eigenvalue weighted by Gasteiger charge is -2.27. The molecule has 0 radical (unpaired) electrons. The van der Waals surface area contributed by atoms with Crippen molar-refractivity contribution in [2.24, 2.45) is 0 Å².